The highest BCUT2D eigenvalue weighted by Gasteiger charge is 2.24. The fraction of sp³-hybridized carbons (Fsp3) is 0.216. The smallest absolute Gasteiger partial charge is 0.272 e. The Labute approximate surface area is 269 Å². The normalized spacial score (nSPS) is 15.5. The standard InChI is InChI=1S/C37H36N6O3/c44-35(31-11-13-33(38-27-31)36(45)42-23-19-40(20-24-42)17-15-29-7-3-1-4-8-29)32-12-14-34(39-28-32)37(46)43-25-21-41(22-26-43)18-16-30-9-5-2-6-10-30/h1-18,27-28H,19-26H2. The van der Waals surface area contributed by atoms with Gasteiger partial charge in [-0.2, -0.15) is 0 Å². The predicted molar refractivity (Wildman–Crippen MR) is 178 cm³/mol. The topological polar surface area (TPSA) is 90.0 Å². The van der Waals surface area contributed by atoms with Crippen molar-refractivity contribution in [2.24, 2.45) is 0 Å². The summed E-state index contributed by atoms with van der Waals surface area (Å²) < 4.78 is 0. The van der Waals surface area contributed by atoms with E-state index >= 15 is 0 Å². The number of ketones is 1. The minimum Gasteiger partial charge on any atom is -0.374 e. The molecule has 4 aromatic rings. The van der Waals surface area contributed by atoms with Gasteiger partial charge in [0, 0.05) is 75.9 Å². The van der Waals surface area contributed by atoms with E-state index in [0.29, 0.717) is 48.7 Å². The number of carbonyl (C=O) groups is 3. The van der Waals surface area contributed by atoms with Crippen molar-refractivity contribution in [2.75, 3.05) is 52.4 Å². The molecule has 2 aliphatic heterocycles. The molecule has 0 N–H and O–H groups in total. The Balaban J connectivity index is 0.983. The van der Waals surface area contributed by atoms with E-state index in [9.17, 15) is 14.4 Å². The lowest BCUT2D eigenvalue weighted by atomic mass is 10.1. The van der Waals surface area contributed by atoms with Crippen molar-refractivity contribution in [1.29, 1.82) is 0 Å². The van der Waals surface area contributed by atoms with Crippen molar-refractivity contribution in [3.8, 4) is 0 Å². The molecule has 0 aliphatic carbocycles. The molecule has 9 heteroatoms. The van der Waals surface area contributed by atoms with Crippen LogP contribution in [0.2, 0.25) is 0 Å². The zero-order valence-electron chi connectivity index (χ0n) is 25.6. The molecule has 2 aromatic carbocycles. The minimum atomic E-state index is -0.268. The highest BCUT2D eigenvalue weighted by molar-refractivity contribution is 6.09. The molecule has 0 bridgehead atoms. The van der Waals surface area contributed by atoms with Crippen LogP contribution in [0.4, 0.5) is 0 Å². The van der Waals surface area contributed by atoms with Gasteiger partial charge in [0.05, 0.1) is 0 Å². The molecule has 2 amide bonds. The molecule has 46 heavy (non-hydrogen) atoms. The fourth-order valence-electron chi connectivity index (χ4n) is 5.46. The summed E-state index contributed by atoms with van der Waals surface area (Å²) in [7, 11) is 0. The largest absolute Gasteiger partial charge is 0.374 e. The summed E-state index contributed by atoms with van der Waals surface area (Å²) in [5, 5.41) is 0. The molecule has 0 radical (unpaired) electrons. The van der Waals surface area contributed by atoms with Crippen LogP contribution in [0.1, 0.15) is 48.0 Å². The Kier molecular flexibility index (Phi) is 9.58. The van der Waals surface area contributed by atoms with E-state index in [0.717, 1.165) is 37.3 Å². The second-order valence-electron chi connectivity index (χ2n) is 11.3. The lowest BCUT2D eigenvalue weighted by Crippen LogP contribution is -2.47. The molecule has 0 spiro atoms. The van der Waals surface area contributed by atoms with Crippen molar-refractivity contribution in [2.45, 2.75) is 0 Å². The highest BCUT2D eigenvalue weighted by Crippen LogP contribution is 2.15. The van der Waals surface area contributed by atoms with Crippen molar-refractivity contribution < 1.29 is 14.4 Å². The van der Waals surface area contributed by atoms with Crippen molar-refractivity contribution in [1.82, 2.24) is 29.6 Å². The summed E-state index contributed by atoms with van der Waals surface area (Å²) in [6.45, 7) is 5.32. The Morgan fingerprint density at radius 3 is 1.24 bits per heavy atom. The first-order valence-corrected chi connectivity index (χ1v) is 15.5. The average Bonchev–Trinajstić information content (AvgIpc) is 3.13. The van der Waals surface area contributed by atoms with E-state index in [1.807, 2.05) is 36.4 Å². The van der Waals surface area contributed by atoms with Gasteiger partial charge in [-0.05, 0) is 59.9 Å². The van der Waals surface area contributed by atoms with E-state index in [1.165, 1.54) is 12.4 Å². The zero-order chi connectivity index (χ0) is 31.7. The Bertz CT molecular complexity index is 1560. The van der Waals surface area contributed by atoms with Crippen molar-refractivity contribution >= 4 is 29.7 Å². The maximum atomic E-state index is 13.1. The molecule has 0 saturated carbocycles. The third kappa shape index (κ3) is 7.55. The molecule has 0 atom stereocenters. The maximum absolute atomic E-state index is 13.1. The molecule has 4 heterocycles. The van der Waals surface area contributed by atoms with Gasteiger partial charge in [-0.25, -0.2) is 0 Å². The highest BCUT2D eigenvalue weighted by atomic mass is 16.2. The second-order valence-corrected chi connectivity index (χ2v) is 11.3. The molecule has 2 fully saturated rings. The molecule has 2 aromatic heterocycles. The molecule has 6 rings (SSSR count). The van der Waals surface area contributed by atoms with Gasteiger partial charge in [-0.15, -0.1) is 0 Å². The van der Waals surface area contributed by atoms with Gasteiger partial charge >= 0.3 is 0 Å². The molecule has 2 saturated heterocycles. The summed E-state index contributed by atoms with van der Waals surface area (Å²) in [6, 6.07) is 26.7. The first-order valence-electron chi connectivity index (χ1n) is 15.5. The quantitative estimate of drug-likeness (QED) is 0.270. The number of aromatic nitrogens is 2. The summed E-state index contributed by atoms with van der Waals surface area (Å²) in [4.78, 5) is 55.8. The average molecular weight is 613 g/mol. The van der Waals surface area contributed by atoms with Gasteiger partial charge < -0.3 is 19.6 Å². The van der Waals surface area contributed by atoms with Gasteiger partial charge in [-0.1, -0.05) is 60.7 Å². The van der Waals surface area contributed by atoms with E-state index in [2.05, 4.69) is 68.6 Å². The molecule has 232 valence electrons. The number of benzene rings is 2. The molecular formula is C37H36N6O3. The van der Waals surface area contributed by atoms with Crippen LogP contribution in [0.15, 0.2) is 110 Å². The third-order valence-electron chi connectivity index (χ3n) is 8.25. The number of rotatable bonds is 8. The van der Waals surface area contributed by atoms with Crippen LogP contribution in [0.25, 0.3) is 12.2 Å². The number of piperazine rings is 2. The van der Waals surface area contributed by atoms with E-state index in [1.54, 1.807) is 34.1 Å². The van der Waals surface area contributed by atoms with Crippen LogP contribution in [0, 0.1) is 0 Å². The van der Waals surface area contributed by atoms with Crippen molar-refractivity contribution in [3.63, 3.8) is 0 Å². The van der Waals surface area contributed by atoms with E-state index in [4.69, 9.17) is 0 Å². The number of hydrogen-bond donors (Lipinski definition) is 0. The van der Waals surface area contributed by atoms with Gasteiger partial charge in [0.25, 0.3) is 11.8 Å². The number of carbonyl (C=O) groups excluding carboxylic acids is 3. The van der Waals surface area contributed by atoms with Gasteiger partial charge in [0.1, 0.15) is 11.4 Å². The summed E-state index contributed by atoms with van der Waals surface area (Å²) >= 11 is 0. The summed E-state index contributed by atoms with van der Waals surface area (Å²) in [6.07, 6.45) is 11.1. The Morgan fingerprint density at radius 2 is 0.891 bits per heavy atom. The Morgan fingerprint density at radius 1 is 0.500 bits per heavy atom. The van der Waals surface area contributed by atoms with Crippen LogP contribution in [-0.4, -0.2) is 99.5 Å². The fourth-order valence-corrected chi connectivity index (χ4v) is 5.46. The lowest BCUT2D eigenvalue weighted by molar-refractivity contribution is 0.0667. The summed E-state index contributed by atoms with van der Waals surface area (Å²) in [5.74, 6) is -0.567. The maximum Gasteiger partial charge on any atom is 0.272 e. The van der Waals surface area contributed by atoms with Crippen LogP contribution < -0.4 is 0 Å². The zero-order valence-corrected chi connectivity index (χ0v) is 25.6. The SMILES string of the molecule is O=C(c1ccc(C(=O)N2CCN(C=Cc3ccccc3)CC2)nc1)c1ccc(C(=O)N2CCN(C=Cc3ccccc3)CC2)nc1. The van der Waals surface area contributed by atoms with E-state index in [-0.39, 0.29) is 17.6 Å². The third-order valence-corrected chi connectivity index (χ3v) is 8.25. The van der Waals surface area contributed by atoms with Crippen LogP contribution in [0.5, 0.6) is 0 Å². The molecular weight excluding hydrogens is 576 g/mol. The Hall–Kier alpha value is -5.57. The number of pyridine rings is 2. The molecule has 0 unspecified atom stereocenters. The first-order chi connectivity index (χ1) is 22.5. The first kappa shape index (κ1) is 30.5. The van der Waals surface area contributed by atoms with Crippen molar-refractivity contribution in [3.05, 3.63) is 143 Å². The predicted octanol–water partition coefficient (Wildman–Crippen LogP) is 4.57. The summed E-state index contributed by atoms with van der Waals surface area (Å²) in [5.41, 5.74) is 3.59. The van der Waals surface area contributed by atoms with Gasteiger partial charge in [0.15, 0.2) is 5.78 Å². The lowest BCUT2D eigenvalue weighted by Gasteiger charge is -2.34. The van der Waals surface area contributed by atoms with Crippen LogP contribution in [0.3, 0.4) is 0 Å². The number of hydrogen-bond acceptors (Lipinski definition) is 7. The number of nitrogens with zero attached hydrogens (tertiary/aromatic N) is 6. The monoisotopic (exact) mass is 612 g/mol. The van der Waals surface area contributed by atoms with Gasteiger partial charge in [0.2, 0.25) is 0 Å². The second kappa shape index (κ2) is 14.5. The van der Waals surface area contributed by atoms with Crippen LogP contribution >= 0.6 is 0 Å². The molecule has 2 aliphatic rings. The number of amides is 2. The molecule has 9 nitrogen and oxygen atoms in total. The van der Waals surface area contributed by atoms with Gasteiger partial charge in [-0.3, -0.25) is 24.4 Å². The minimum absolute atomic E-state index is 0.150. The van der Waals surface area contributed by atoms with Crippen LogP contribution in [-0.2, 0) is 0 Å². The van der Waals surface area contributed by atoms with E-state index < -0.39 is 0 Å².